The summed E-state index contributed by atoms with van der Waals surface area (Å²) in [6.07, 6.45) is 6.96. The summed E-state index contributed by atoms with van der Waals surface area (Å²) in [7, 11) is 0. The zero-order chi connectivity index (χ0) is 15.5. The van der Waals surface area contributed by atoms with Crippen LogP contribution in [0.5, 0.6) is 0 Å². The van der Waals surface area contributed by atoms with Crippen LogP contribution >= 0.6 is 0 Å². The highest BCUT2D eigenvalue weighted by Gasteiger charge is 2.02. The highest BCUT2D eigenvalue weighted by Crippen LogP contribution is 2.13. The fraction of sp³-hybridized carbons (Fsp3) is 0.375. The highest BCUT2D eigenvalue weighted by atomic mass is 16.4. The predicted octanol–water partition coefficient (Wildman–Crippen LogP) is 2.63. The van der Waals surface area contributed by atoms with E-state index >= 15 is 0 Å². The van der Waals surface area contributed by atoms with Gasteiger partial charge in [0.05, 0.1) is 0 Å². The van der Waals surface area contributed by atoms with Gasteiger partial charge < -0.3 is 16.2 Å². The maximum atomic E-state index is 11.8. The van der Waals surface area contributed by atoms with E-state index in [1.807, 2.05) is 0 Å². The Labute approximate surface area is 124 Å². The molecule has 0 radical (unpaired) electrons. The van der Waals surface area contributed by atoms with Crippen LogP contribution in [-0.2, 0) is 9.59 Å². The Balaban J connectivity index is 2.41. The van der Waals surface area contributed by atoms with Crippen LogP contribution in [0.3, 0.4) is 0 Å². The minimum absolute atomic E-state index is 0.0258. The lowest BCUT2D eigenvalue weighted by Gasteiger charge is -2.06. The minimum atomic E-state index is -0.998. The number of hydrogen-bond acceptors (Lipinski definition) is 3. The molecule has 1 aromatic carbocycles. The third-order valence-corrected chi connectivity index (χ3v) is 2.95. The number of amides is 1. The number of carboxylic acids is 1. The fourth-order valence-corrected chi connectivity index (χ4v) is 1.89. The zero-order valence-corrected chi connectivity index (χ0v) is 12.0. The highest BCUT2D eigenvalue weighted by molar-refractivity contribution is 5.91. The number of nitrogens with one attached hydrogen (secondary N) is 1. The van der Waals surface area contributed by atoms with Gasteiger partial charge in [0.1, 0.15) is 0 Å². The minimum Gasteiger partial charge on any atom is -0.478 e. The normalized spacial score (nSPS) is 10.7. The molecule has 0 spiro atoms. The Hall–Kier alpha value is -2.14. The summed E-state index contributed by atoms with van der Waals surface area (Å²) < 4.78 is 0. The molecule has 5 nitrogen and oxygen atoms in total. The van der Waals surface area contributed by atoms with Crippen molar-refractivity contribution in [1.29, 1.82) is 0 Å². The van der Waals surface area contributed by atoms with Gasteiger partial charge in [-0.15, -0.1) is 0 Å². The van der Waals surface area contributed by atoms with E-state index in [1.165, 1.54) is 6.08 Å². The second kappa shape index (κ2) is 9.72. The van der Waals surface area contributed by atoms with Crippen LogP contribution in [-0.4, -0.2) is 23.5 Å². The molecule has 5 heteroatoms. The van der Waals surface area contributed by atoms with Gasteiger partial charge in [-0.25, -0.2) is 4.79 Å². The third kappa shape index (κ3) is 7.89. The van der Waals surface area contributed by atoms with Crippen LogP contribution in [0.2, 0.25) is 0 Å². The van der Waals surface area contributed by atoms with E-state index in [0.717, 1.165) is 37.3 Å². The molecular formula is C16H22N2O3. The van der Waals surface area contributed by atoms with Crippen LogP contribution in [0.4, 0.5) is 5.69 Å². The molecule has 0 atom stereocenters. The lowest BCUT2D eigenvalue weighted by Crippen LogP contribution is -2.11. The Bertz CT molecular complexity index is 498. The number of carbonyl (C=O) groups is 2. The average molecular weight is 290 g/mol. The van der Waals surface area contributed by atoms with Gasteiger partial charge >= 0.3 is 5.97 Å². The summed E-state index contributed by atoms with van der Waals surface area (Å²) in [5.74, 6) is -1.02. The third-order valence-electron chi connectivity index (χ3n) is 2.95. The molecule has 0 aromatic heterocycles. The summed E-state index contributed by atoms with van der Waals surface area (Å²) in [4.78, 5) is 22.2. The van der Waals surface area contributed by atoms with Gasteiger partial charge in [-0.3, -0.25) is 4.79 Å². The molecular weight excluding hydrogens is 268 g/mol. The number of nitrogens with two attached hydrogens (primary N) is 1. The van der Waals surface area contributed by atoms with Crippen molar-refractivity contribution < 1.29 is 14.7 Å². The van der Waals surface area contributed by atoms with E-state index in [-0.39, 0.29) is 5.91 Å². The number of carbonyl (C=O) groups excluding carboxylic acids is 1. The van der Waals surface area contributed by atoms with E-state index < -0.39 is 5.97 Å². The van der Waals surface area contributed by atoms with Gasteiger partial charge in [-0.1, -0.05) is 25.0 Å². The van der Waals surface area contributed by atoms with Gasteiger partial charge in [0.2, 0.25) is 5.91 Å². The number of unbranched alkanes of at least 4 members (excludes halogenated alkanes) is 3. The molecule has 0 bridgehead atoms. The van der Waals surface area contributed by atoms with Gasteiger partial charge in [0.25, 0.3) is 0 Å². The molecule has 114 valence electrons. The number of rotatable bonds is 9. The van der Waals surface area contributed by atoms with E-state index in [4.69, 9.17) is 10.8 Å². The number of hydrogen-bond donors (Lipinski definition) is 3. The van der Waals surface area contributed by atoms with E-state index in [1.54, 1.807) is 24.3 Å². The second-order valence-corrected chi connectivity index (χ2v) is 4.80. The standard InChI is InChI=1S/C16H22N2O3/c17-11-4-2-1-3-8-15(19)18-14-7-5-6-13(12-14)9-10-16(20)21/h5-7,9-10,12H,1-4,8,11,17H2,(H,18,19)(H,20,21)/b10-9+. The van der Waals surface area contributed by atoms with Crippen molar-refractivity contribution in [2.45, 2.75) is 32.1 Å². The van der Waals surface area contributed by atoms with E-state index in [2.05, 4.69) is 5.32 Å². The van der Waals surface area contributed by atoms with Crippen molar-refractivity contribution >= 4 is 23.6 Å². The molecule has 0 fully saturated rings. The SMILES string of the molecule is NCCCCCCC(=O)Nc1cccc(/C=C/C(=O)O)c1. The summed E-state index contributed by atoms with van der Waals surface area (Å²) >= 11 is 0. The second-order valence-electron chi connectivity index (χ2n) is 4.80. The molecule has 1 aromatic rings. The first kappa shape index (κ1) is 16.9. The summed E-state index contributed by atoms with van der Waals surface area (Å²) in [5.41, 5.74) is 6.82. The van der Waals surface area contributed by atoms with Gasteiger partial charge in [-0.2, -0.15) is 0 Å². The van der Waals surface area contributed by atoms with Gasteiger partial charge in [-0.05, 0) is 43.2 Å². The van der Waals surface area contributed by atoms with E-state index in [0.29, 0.717) is 18.7 Å². The lowest BCUT2D eigenvalue weighted by atomic mass is 10.1. The first-order valence-corrected chi connectivity index (χ1v) is 7.13. The van der Waals surface area contributed by atoms with Crippen LogP contribution in [0, 0.1) is 0 Å². The van der Waals surface area contributed by atoms with Crippen molar-refractivity contribution in [3.8, 4) is 0 Å². The fourth-order valence-electron chi connectivity index (χ4n) is 1.89. The van der Waals surface area contributed by atoms with E-state index in [9.17, 15) is 9.59 Å². The number of aliphatic carboxylic acids is 1. The monoisotopic (exact) mass is 290 g/mol. The Morgan fingerprint density at radius 1 is 1.19 bits per heavy atom. The smallest absolute Gasteiger partial charge is 0.328 e. The van der Waals surface area contributed by atoms with Crippen molar-refractivity contribution in [2.75, 3.05) is 11.9 Å². The van der Waals surface area contributed by atoms with Crippen LogP contribution in [0.25, 0.3) is 6.08 Å². The van der Waals surface area contributed by atoms with Crippen LogP contribution in [0.15, 0.2) is 30.3 Å². The van der Waals surface area contributed by atoms with Crippen molar-refractivity contribution in [3.63, 3.8) is 0 Å². The van der Waals surface area contributed by atoms with Crippen molar-refractivity contribution in [3.05, 3.63) is 35.9 Å². The molecule has 0 saturated heterocycles. The van der Waals surface area contributed by atoms with Gasteiger partial charge in [0.15, 0.2) is 0 Å². The summed E-state index contributed by atoms with van der Waals surface area (Å²) in [5, 5.41) is 11.4. The van der Waals surface area contributed by atoms with Crippen molar-refractivity contribution in [2.24, 2.45) is 5.73 Å². The number of benzene rings is 1. The molecule has 1 amide bonds. The average Bonchev–Trinajstić information content (AvgIpc) is 2.45. The molecule has 0 saturated carbocycles. The predicted molar refractivity (Wildman–Crippen MR) is 83.9 cm³/mol. The molecule has 0 unspecified atom stereocenters. The van der Waals surface area contributed by atoms with Crippen LogP contribution < -0.4 is 11.1 Å². The zero-order valence-electron chi connectivity index (χ0n) is 12.0. The molecule has 0 aliphatic carbocycles. The Kier molecular flexibility index (Phi) is 7.82. The number of carboxylic acid groups (broad SMARTS) is 1. The molecule has 4 N–H and O–H groups in total. The Morgan fingerprint density at radius 2 is 1.95 bits per heavy atom. The molecule has 21 heavy (non-hydrogen) atoms. The topological polar surface area (TPSA) is 92.4 Å². The maximum Gasteiger partial charge on any atom is 0.328 e. The first-order valence-electron chi connectivity index (χ1n) is 7.13. The van der Waals surface area contributed by atoms with Gasteiger partial charge in [0, 0.05) is 18.2 Å². The van der Waals surface area contributed by atoms with Crippen LogP contribution in [0.1, 0.15) is 37.7 Å². The molecule has 0 aliphatic rings. The summed E-state index contributed by atoms with van der Waals surface area (Å²) in [6, 6.07) is 7.08. The molecule has 1 rings (SSSR count). The number of anilines is 1. The lowest BCUT2D eigenvalue weighted by molar-refractivity contribution is -0.131. The molecule has 0 aliphatic heterocycles. The first-order chi connectivity index (χ1) is 10.1. The largest absolute Gasteiger partial charge is 0.478 e. The Morgan fingerprint density at radius 3 is 2.67 bits per heavy atom. The van der Waals surface area contributed by atoms with Crippen molar-refractivity contribution in [1.82, 2.24) is 0 Å². The maximum absolute atomic E-state index is 11.8. The molecule has 0 heterocycles. The summed E-state index contributed by atoms with van der Waals surface area (Å²) in [6.45, 7) is 0.697. The quantitative estimate of drug-likeness (QED) is 0.481.